The Hall–Kier alpha value is -2.22. The van der Waals surface area contributed by atoms with Crippen LogP contribution in [0.3, 0.4) is 0 Å². The van der Waals surface area contributed by atoms with Crippen molar-refractivity contribution in [2.24, 2.45) is 0 Å². The maximum atomic E-state index is 13.3. The molecule has 8 heteroatoms. The van der Waals surface area contributed by atoms with E-state index in [1.807, 2.05) is 0 Å². The van der Waals surface area contributed by atoms with E-state index in [2.05, 4.69) is 0 Å². The molecule has 1 aromatic carbocycles. The van der Waals surface area contributed by atoms with Gasteiger partial charge in [-0.1, -0.05) is 0 Å². The fourth-order valence-electron chi connectivity index (χ4n) is 2.18. The van der Waals surface area contributed by atoms with Crippen molar-refractivity contribution in [1.29, 1.82) is 0 Å². The van der Waals surface area contributed by atoms with Gasteiger partial charge in [0.1, 0.15) is 5.82 Å². The molecular weight excluding hydrogens is 312 g/mol. The van der Waals surface area contributed by atoms with E-state index in [-0.39, 0.29) is 37.8 Å². The van der Waals surface area contributed by atoms with Crippen LogP contribution in [0.15, 0.2) is 18.2 Å². The van der Waals surface area contributed by atoms with Gasteiger partial charge in [0.25, 0.3) is 0 Å². The van der Waals surface area contributed by atoms with Gasteiger partial charge in [-0.3, -0.25) is 4.79 Å². The van der Waals surface area contributed by atoms with Gasteiger partial charge in [0.05, 0.1) is 19.8 Å². The number of hydrogen-bond acceptors (Lipinski definition) is 4. The van der Waals surface area contributed by atoms with Crippen molar-refractivity contribution in [3.8, 4) is 5.75 Å². The first-order valence-electron chi connectivity index (χ1n) is 7.17. The maximum absolute atomic E-state index is 13.3. The molecule has 0 aliphatic carbocycles. The van der Waals surface area contributed by atoms with E-state index in [0.717, 1.165) is 12.1 Å². The highest BCUT2D eigenvalue weighted by Crippen LogP contribution is 2.18. The quantitative estimate of drug-likeness (QED) is 0.799. The van der Waals surface area contributed by atoms with E-state index >= 15 is 0 Å². The van der Waals surface area contributed by atoms with Crippen LogP contribution in [-0.4, -0.2) is 54.3 Å². The number of carboxylic acid groups (broad SMARTS) is 1. The van der Waals surface area contributed by atoms with Crippen LogP contribution in [0.2, 0.25) is 0 Å². The molecule has 0 saturated carbocycles. The van der Waals surface area contributed by atoms with Crippen LogP contribution in [0.4, 0.5) is 8.78 Å². The fraction of sp³-hybridized carbons (Fsp3) is 0.467. The third-order valence-electron chi connectivity index (χ3n) is 3.38. The van der Waals surface area contributed by atoms with Gasteiger partial charge in [0.15, 0.2) is 17.7 Å². The molecule has 1 fully saturated rings. The van der Waals surface area contributed by atoms with Gasteiger partial charge >= 0.3 is 5.97 Å². The van der Waals surface area contributed by atoms with Crippen LogP contribution >= 0.6 is 0 Å². The first kappa shape index (κ1) is 17.1. The second-order valence-electron chi connectivity index (χ2n) is 5.06. The molecule has 1 aliphatic rings. The van der Waals surface area contributed by atoms with E-state index in [9.17, 15) is 18.4 Å². The number of carboxylic acids is 1. The second kappa shape index (κ2) is 7.87. The minimum atomic E-state index is -1.10. The second-order valence-corrected chi connectivity index (χ2v) is 5.06. The van der Waals surface area contributed by atoms with Gasteiger partial charge in [-0.25, -0.2) is 13.6 Å². The number of halogens is 2. The number of ether oxygens (including phenoxy) is 2. The topological polar surface area (TPSA) is 76.1 Å². The number of morpholine rings is 1. The average Bonchev–Trinajstić information content (AvgIpc) is 2.53. The zero-order valence-electron chi connectivity index (χ0n) is 12.3. The number of hydrogen-bond donors (Lipinski definition) is 1. The van der Waals surface area contributed by atoms with Gasteiger partial charge in [-0.05, 0) is 18.6 Å². The Morgan fingerprint density at radius 1 is 1.39 bits per heavy atom. The number of benzene rings is 1. The molecule has 0 bridgehead atoms. The van der Waals surface area contributed by atoms with Crippen molar-refractivity contribution < 1.29 is 33.0 Å². The highest BCUT2D eigenvalue weighted by atomic mass is 19.1. The number of aliphatic carboxylic acids is 1. The number of nitrogens with zero attached hydrogens (tertiary/aromatic N) is 1. The molecule has 2 rings (SSSR count). The molecule has 126 valence electrons. The predicted octanol–water partition coefficient (Wildman–Crippen LogP) is 1.44. The molecule has 0 spiro atoms. The molecule has 1 unspecified atom stereocenters. The molecule has 1 amide bonds. The third kappa shape index (κ3) is 4.88. The van der Waals surface area contributed by atoms with Crippen molar-refractivity contribution in [3.63, 3.8) is 0 Å². The van der Waals surface area contributed by atoms with Crippen LogP contribution in [0.25, 0.3) is 0 Å². The van der Waals surface area contributed by atoms with E-state index in [1.165, 1.54) is 11.0 Å². The maximum Gasteiger partial charge on any atom is 0.334 e. The lowest BCUT2D eigenvalue weighted by molar-refractivity contribution is -0.159. The van der Waals surface area contributed by atoms with Crippen LogP contribution in [0, 0.1) is 11.6 Å². The van der Waals surface area contributed by atoms with Gasteiger partial charge < -0.3 is 19.5 Å². The summed E-state index contributed by atoms with van der Waals surface area (Å²) in [7, 11) is 0. The summed E-state index contributed by atoms with van der Waals surface area (Å²) in [5.74, 6) is -2.87. The molecule has 1 aliphatic heterocycles. The summed E-state index contributed by atoms with van der Waals surface area (Å²) in [5.41, 5.74) is 0. The van der Waals surface area contributed by atoms with Crippen LogP contribution in [-0.2, 0) is 14.3 Å². The SMILES string of the molecule is O=C(O)C1CN(C(=O)CCCOc2ccc(F)cc2F)CCO1. The predicted molar refractivity (Wildman–Crippen MR) is 75.0 cm³/mol. The van der Waals surface area contributed by atoms with E-state index in [1.54, 1.807) is 0 Å². The molecular formula is C15H17F2NO5. The Balaban J connectivity index is 1.73. The van der Waals surface area contributed by atoms with Crippen molar-refractivity contribution in [2.45, 2.75) is 18.9 Å². The first-order valence-corrected chi connectivity index (χ1v) is 7.17. The summed E-state index contributed by atoms with van der Waals surface area (Å²) in [6, 6.07) is 3.00. The standard InChI is InChI=1S/C15H17F2NO5/c16-10-3-4-12(11(17)8-10)22-6-1-2-14(19)18-5-7-23-13(9-18)15(20)21/h3-4,8,13H,1-2,5-7,9H2,(H,20,21). The Morgan fingerprint density at radius 2 is 2.17 bits per heavy atom. The zero-order chi connectivity index (χ0) is 16.8. The molecule has 1 heterocycles. The van der Waals surface area contributed by atoms with Crippen molar-refractivity contribution >= 4 is 11.9 Å². The monoisotopic (exact) mass is 329 g/mol. The average molecular weight is 329 g/mol. The van der Waals surface area contributed by atoms with Gasteiger partial charge in [-0.2, -0.15) is 0 Å². The lowest BCUT2D eigenvalue weighted by Gasteiger charge is -2.30. The van der Waals surface area contributed by atoms with E-state index < -0.39 is 23.7 Å². The first-order chi connectivity index (χ1) is 11.0. The minimum absolute atomic E-state index is 0.0155. The molecule has 0 aromatic heterocycles. The molecule has 23 heavy (non-hydrogen) atoms. The van der Waals surface area contributed by atoms with E-state index in [4.69, 9.17) is 14.6 Å². The smallest absolute Gasteiger partial charge is 0.334 e. The van der Waals surface area contributed by atoms with Crippen molar-refractivity contribution in [2.75, 3.05) is 26.3 Å². The Morgan fingerprint density at radius 3 is 2.87 bits per heavy atom. The summed E-state index contributed by atoms with van der Waals surface area (Å²) in [4.78, 5) is 24.3. The van der Waals surface area contributed by atoms with Gasteiger partial charge in [0, 0.05) is 19.0 Å². The third-order valence-corrected chi connectivity index (χ3v) is 3.38. The lowest BCUT2D eigenvalue weighted by Crippen LogP contribution is -2.48. The fourth-order valence-corrected chi connectivity index (χ4v) is 2.18. The molecule has 6 nitrogen and oxygen atoms in total. The largest absolute Gasteiger partial charge is 0.491 e. The summed E-state index contributed by atoms with van der Waals surface area (Å²) in [5, 5.41) is 8.88. The normalized spacial score (nSPS) is 17.8. The van der Waals surface area contributed by atoms with Crippen molar-refractivity contribution in [1.82, 2.24) is 4.90 Å². The summed E-state index contributed by atoms with van der Waals surface area (Å²) < 4.78 is 36.3. The number of rotatable bonds is 6. The van der Waals surface area contributed by atoms with Crippen LogP contribution in [0.5, 0.6) is 5.75 Å². The Bertz CT molecular complexity index is 581. The van der Waals surface area contributed by atoms with Gasteiger partial charge in [-0.15, -0.1) is 0 Å². The minimum Gasteiger partial charge on any atom is -0.491 e. The Labute approximate surface area is 131 Å². The van der Waals surface area contributed by atoms with Crippen LogP contribution < -0.4 is 4.74 Å². The molecule has 1 saturated heterocycles. The number of carbonyl (C=O) groups excluding carboxylic acids is 1. The molecule has 0 radical (unpaired) electrons. The zero-order valence-corrected chi connectivity index (χ0v) is 12.3. The molecule has 1 N–H and O–H groups in total. The van der Waals surface area contributed by atoms with Crippen molar-refractivity contribution in [3.05, 3.63) is 29.8 Å². The number of carbonyl (C=O) groups is 2. The molecule has 1 aromatic rings. The summed E-state index contributed by atoms with van der Waals surface area (Å²) in [6.07, 6.45) is -0.517. The van der Waals surface area contributed by atoms with E-state index in [0.29, 0.717) is 13.0 Å². The highest BCUT2D eigenvalue weighted by Gasteiger charge is 2.28. The van der Waals surface area contributed by atoms with Crippen LogP contribution in [0.1, 0.15) is 12.8 Å². The Kier molecular flexibility index (Phi) is 5.86. The summed E-state index contributed by atoms with van der Waals surface area (Å²) >= 11 is 0. The number of amides is 1. The highest BCUT2D eigenvalue weighted by molar-refractivity contribution is 5.78. The van der Waals surface area contributed by atoms with Gasteiger partial charge in [0.2, 0.25) is 5.91 Å². The lowest BCUT2D eigenvalue weighted by atomic mass is 10.2. The summed E-state index contributed by atoms with van der Waals surface area (Å²) in [6.45, 7) is 0.638. The molecule has 1 atom stereocenters.